The summed E-state index contributed by atoms with van der Waals surface area (Å²) in [5.74, 6) is 0. The Kier molecular flexibility index (Phi) is 7.12. The molecular formula is C42H36N2. The molecule has 6 aromatic carbocycles. The summed E-state index contributed by atoms with van der Waals surface area (Å²) >= 11 is 0. The lowest BCUT2D eigenvalue weighted by Crippen LogP contribution is -1.95. The molecule has 2 nitrogen and oxygen atoms in total. The summed E-state index contributed by atoms with van der Waals surface area (Å²) in [6.45, 7) is 0. The Morgan fingerprint density at radius 3 is 1.18 bits per heavy atom. The van der Waals surface area contributed by atoms with Crippen molar-refractivity contribution in [3.63, 3.8) is 0 Å². The molecule has 44 heavy (non-hydrogen) atoms. The van der Waals surface area contributed by atoms with Crippen molar-refractivity contribution in [1.82, 2.24) is 9.97 Å². The fourth-order valence-electron chi connectivity index (χ4n) is 7.27. The van der Waals surface area contributed by atoms with Gasteiger partial charge in [-0.15, -0.1) is 0 Å². The highest BCUT2D eigenvalue weighted by atomic mass is 14.7. The van der Waals surface area contributed by atoms with Crippen LogP contribution in [0.2, 0.25) is 0 Å². The third-order valence-electron chi connectivity index (χ3n) is 9.48. The van der Waals surface area contributed by atoms with Gasteiger partial charge in [-0.25, -0.2) is 9.97 Å². The highest BCUT2D eigenvalue weighted by molar-refractivity contribution is 6.11. The summed E-state index contributed by atoms with van der Waals surface area (Å²) in [4.78, 5) is 10.2. The Labute approximate surface area is 258 Å². The van der Waals surface area contributed by atoms with Crippen LogP contribution in [-0.2, 0) is 12.8 Å². The number of fused-ring (bicyclic) bond motifs is 8. The zero-order valence-electron chi connectivity index (χ0n) is 25.1. The number of hydrogen-bond donors (Lipinski definition) is 0. The first-order valence-corrected chi connectivity index (χ1v) is 16.2. The van der Waals surface area contributed by atoms with Crippen molar-refractivity contribution in [3.05, 3.63) is 132 Å². The van der Waals surface area contributed by atoms with E-state index in [1.165, 1.54) is 92.7 Å². The first-order chi connectivity index (χ1) is 21.8. The Balaban J connectivity index is 0.944. The molecule has 0 saturated carbocycles. The molecule has 2 heteroatoms. The van der Waals surface area contributed by atoms with E-state index in [2.05, 4.69) is 121 Å². The molecule has 0 aliphatic rings. The Hall–Kier alpha value is -4.82. The topological polar surface area (TPSA) is 25.8 Å². The number of para-hydroxylation sites is 2. The molecule has 0 saturated heterocycles. The molecule has 0 N–H and O–H groups in total. The minimum atomic E-state index is 1.10. The van der Waals surface area contributed by atoms with Crippen molar-refractivity contribution in [1.29, 1.82) is 0 Å². The van der Waals surface area contributed by atoms with E-state index >= 15 is 0 Å². The Morgan fingerprint density at radius 2 is 0.705 bits per heavy atom. The minimum absolute atomic E-state index is 1.10. The number of pyridine rings is 2. The van der Waals surface area contributed by atoms with E-state index in [0.29, 0.717) is 0 Å². The highest BCUT2D eigenvalue weighted by Gasteiger charge is 2.13. The number of hydrogen-bond acceptors (Lipinski definition) is 2. The predicted octanol–water partition coefficient (Wildman–Crippen LogP) is 11.5. The first kappa shape index (κ1) is 26.8. The number of unbranched alkanes of at least 4 members (excludes halogenated alkanes) is 5. The Bertz CT molecular complexity index is 2130. The number of nitrogens with zero attached hydrogens (tertiary/aromatic N) is 2. The van der Waals surface area contributed by atoms with Crippen molar-refractivity contribution in [2.75, 3.05) is 0 Å². The molecule has 8 rings (SSSR count). The van der Waals surface area contributed by atoms with Crippen LogP contribution in [0.4, 0.5) is 0 Å². The largest absolute Gasteiger partial charge is 0.247 e. The fraction of sp³-hybridized carbons (Fsp3) is 0.190. The molecule has 0 atom stereocenters. The van der Waals surface area contributed by atoms with Crippen LogP contribution in [0.3, 0.4) is 0 Å². The van der Waals surface area contributed by atoms with E-state index in [1.807, 2.05) is 0 Å². The normalized spacial score (nSPS) is 11.9. The van der Waals surface area contributed by atoms with Crippen LogP contribution in [0.15, 0.2) is 121 Å². The van der Waals surface area contributed by atoms with Crippen LogP contribution in [0, 0.1) is 0 Å². The van der Waals surface area contributed by atoms with Crippen LogP contribution in [0.1, 0.15) is 49.7 Å². The highest BCUT2D eigenvalue weighted by Crippen LogP contribution is 2.34. The van der Waals surface area contributed by atoms with E-state index in [1.54, 1.807) is 0 Å². The summed E-state index contributed by atoms with van der Waals surface area (Å²) in [6, 6.07) is 43.7. The average molecular weight is 569 g/mol. The number of rotatable bonds is 9. The van der Waals surface area contributed by atoms with Gasteiger partial charge in [-0.1, -0.05) is 135 Å². The molecule has 2 aromatic heterocycles. The molecule has 0 unspecified atom stereocenters. The maximum atomic E-state index is 5.12. The average Bonchev–Trinajstić information content (AvgIpc) is 3.08. The molecule has 0 aliphatic heterocycles. The van der Waals surface area contributed by atoms with E-state index in [-0.39, 0.29) is 0 Å². The smallest absolute Gasteiger partial charge is 0.0790 e. The van der Waals surface area contributed by atoms with Gasteiger partial charge in [-0.05, 0) is 59.7 Å². The van der Waals surface area contributed by atoms with Crippen LogP contribution < -0.4 is 0 Å². The lowest BCUT2D eigenvalue weighted by molar-refractivity contribution is 0.596. The number of aryl methyl sites for hydroxylation is 2. The number of aromatic nitrogens is 2. The summed E-state index contributed by atoms with van der Waals surface area (Å²) in [5, 5.41) is 10.3. The summed E-state index contributed by atoms with van der Waals surface area (Å²) in [7, 11) is 0. The van der Waals surface area contributed by atoms with E-state index < -0.39 is 0 Å². The van der Waals surface area contributed by atoms with E-state index in [4.69, 9.17) is 9.97 Å². The second-order valence-corrected chi connectivity index (χ2v) is 12.2. The van der Waals surface area contributed by atoms with Gasteiger partial charge >= 0.3 is 0 Å². The molecule has 214 valence electrons. The third kappa shape index (κ3) is 4.85. The van der Waals surface area contributed by atoms with Gasteiger partial charge in [0.25, 0.3) is 0 Å². The van der Waals surface area contributed by atoms with Gasteiger partial charge < -0.3 is 0 Å². The second kappa shape index (κ2) is 11.7. The SMILES string of the molecule is c1ccc2c(c1)ccc1c(CCCCCCCCc3c4ccccc4nc4c3ccc3ccccc34)c3ccccc3nc12. The predicted molar refractivity (Wildman–Crippen MR) is 189 cm³/mol. The Morgan fingerprint density at radius 1 is 0.318 bits per heavy atom. The van der Waals surface area contributed by atoms with Crippen molar-refractivity contribution in [2.45, 2.75) is 51.4 Å². The van der Waals surface area contributed by atoms with Crippen LogP contribution in [-0.4, -0.2) is 9.97 Å². The van der Waals surface area contributed by atoms with Gasteiger partial charge in [0.2, 0.25) is 0 Å². The molecule has 2 heterocycles. The van der Waals surface area contributed by atoms with Gasteiger partial charge in [-0.2, -0.15) is 0 Å². The van der Waals surface area contributed by atoms with E-state index in [9.17, 15) is 0 Å². The molecule has 0 fully saturated rings. The van der Waals surface area contributed by atoms with Crippen molar-refractivity contribution in [3.8, 4) is 0 Å². The molecule has 8 aromatic rings. The summed E-state index contributed by atoms with van der Waals surface area (Å²) in [5.41, 5.74) is 7.41. The molecule has 0 amide bonds. The van der Waals surface area contributed by atoms with Gasteiger partial charge in [0.15, 0.2) is 0 Å². The minimum Gasteiger partial charge on any atom is -0.247 e. The van der Waals surface area contributed by atoms with Crippen molar-refractivity contribution < 1.29 is 0 Å². The molecular weight excluding hydrogens is 532 g/mol. The lowest BCUT2D eigenvalue weighted by atomic mass is 9.94. The monoisotopic (exact) mass is 568 g/mol. The first-order valence-electron chi connectivity index (χ1n) is 16.2. The quantitative estimate of drug-likeness (QED) is 0.0983. The zero-order valence-corrected chi connectivity index (χ0v) is 25.1. The van der Waals surface area contributed by atoms with Crippen molar-refractivity contribution in [2.24, 2.45) is 0 Å². The third-order valence-corrected chi connectivity index (χ3v) is 9.48. The fourth-order valence-corrected chi connectivity index (χ4v) is 7.27. The van der Waals surface area contributed by atoms with Gasteiger partial charge in [0.05, 0.1) is 22.1 Å². The summed E-state index contributed by atoms with van der Waals surface area (Å²) in [6.07, 6.45) is 9.71. The van der Waals surface area contributed by atoms with Crippen LogP contribution in [0.5, 0.6) is 0 Å². The van der Waals surface area contributed by atoms with Crippen molar-refractivity contribution >= 4 is 65.2 Å². The van der Waals surface area contributed by atoms with Gasteiger partial charge in [0, 0.05) is 32.3 Å². The molecule has 0 radical (unpaired) electrons. The van der Waals surface area contributed by atoms with Crippen LogP contribution in [0.25, 0.3) is 65.2 Å². The van der Waals surface area contributed by atoms with Gasteiger partial charge in [0.1, 0.15) is 0 Å². The maximum absolute atomic E-state index is 5.12. The standard InChI is InChI=1S/C42H36N2/c1(3-5-19-33-35-21-11-13-23-39(35)43-41-31-17-9-7-15-29(31)25-27-37(33)41)2-4-6-20-34-36-22-12-14-24-40(36)44-42-32-18-10-8-16-30(32)26-28-38(34)42/h7-18,21-28H,1-6,19-20H2. The number of benzene rings is 6. The zero-order chi connectivity index (χ0) is 29.3. The summed E-state index contributed by atoms with van der Waals surface area (Å²) < 4.78 is 0. The molecule has 0 spiro atoms. The van der Waals surface area contributed by atoms with Gasteiger partial charge in [-0.3, -0.25) is 0 Å². The lowest BCUT2D eigenvalue weighted by Gasteiger charge is -2.13. The van der Waals surface area contributed by atoms with E-state index in [0.717, 1.165) is 34.9 Å². The second-order valence-electron chi connectivity index (χ2n) is 12.2. The van der Waals surface area contributed by atoms with Crippen LogP contribution >= 0.6 is 0 Å². The maximum Gasteiger partial charge on any atom is 0.0790 e. The molecule has 0 bridgehead atoms. The molecule has 0 aliphatic carbocycles.